The summed E-state index contributed by atoms with van der Waals surface area (Å²) in [6.45, 7) is 7.16. The van der Waals surface area contributed by atoms with Crippen LogP contribution in [0.15, 0.2) is 0 Å². The molecule has 1 saturated heterocycles. The molecule has 4 nitrogen and oxygen atoms in total. The average molecular weight is 215 g/mol. The van der Waals surface area contributed by atoms with Gasteiger partial charge in [0.25, 0.3) is 0 Å². The molecule has 88 valence electrons. The molecule has 15 heavy (non-hydrogen) atoms. The Hall–Kier alpha value is -0.770. The summed E-state index contributed by atoms with van der Waals surface area (Å²) in [5.74, 6) is 0. The molecule has 0 aromatic heterocycles. The minimum atomic E-state index is -0.404. The minimum Gasteiger partial charge on any atom is -0.444 e. The zero-order valence-corrected chi connectivity index (χ0v) is 10.1. The van der Waals surface area contributed by atoms with Crippen molar-refractivity contribution in [3.05, 3.63) is 0 Å². The van der Waals surface area contributed by atoms with Crippen molar-refractivity contribution in [2.24, 2.45) is 0 Å². The molecule has 1 heterocycles. The predicted octanol–water partition coefficient (Wildman–Crippen LogP) is 2.03. The van der Waals surface area contributed by atoms with E-state index in [1.165, 1.54) is 0 Å². The van der Waals surface area contributed by atoms with Crippen molar-refractivity contribution in [2.75, 3.05) is 20.3 Å². The lowest BCUT2D eigenvalue weighted by Crippen LogP contribution is -2.53. The van der Waals surface area contributed by atoms with Gasteiger partial charge in [-0.2, -0.15) is 0 Å². The lowest BCUT2D eigenvalue weighted by Gasteiger charge is -2.41. The monoisotopic (exact) mass is 215 g/mol. The maximum Gasteiger partial charge on any atom is 0.410 e. The van der Waals surface area contributed by atoms with E-state index >= 15 is 0 Å². The number of ether oxygens (including phenoxy) is 2. The first kappa shape index (κ1) is 12.3. The number of likely N-dealkylation sites (tertiary alicyclic amines) is 1. The largest absolute Gasteiger partial charge is 0.444 e. The molecule has 0 aromatic rings. The van der Waals surface area contributed by atoms with Gasteiger partial charge in [-0.1, -0.05) is 0 Å². The number of hydrogen-bond acceptors (Lipinski definition) is 3. The molecule has 4 heteroatoms. The van der Waals surface area contributed by atoms with Crippen molar-refractivity contribution in [3.8, 4) is 0 Å². The van der Waals surface area contributed by atoms with Gasteiger partial charge in [0.1, 0.15) is 5.60 Å². The summed E-state index contributed by atoms with van der Waals surface area (Å²) in [7, 11) is 1.68. The molecule has 1 fully saturated rings. The second-order valence-corrected chi connectivity index (χ2v) is 4.90. The standard InChI is InChI=1S/C11H21NO3/c1-11(2,3)15-10(13)12-7-5-9(12)6-8-14-4/h9H,5-8H2,1-4H3. The third-order valence-electron chi connectivity index (χ3n) is 2.43. The number of amides is 1. The Bertz CT molecular complexity index is 222. The van der Waals surface area contributed by atoms with Gasteiger partial charge in [0.15, 0.2) is 0 Å². The smallest absolute Gasteiger partial charge is 0.410 e. The van der Waals surface area contributed by atoms with Crippen molar-refractivity contribution in [2.45, 2.75) is 45.3 Å². The quantitative estimate of drug-likeness (QED) is 0.723. The number of carbonyl (C=O) groups excluding carboxylic acids is 1. The Morgan fingerprint density at radius 3 is 2.53 bits per heavy atom. The maximum atomic E-state index is 11.7. The summed E-state index contributed by atoms with van der Waals surface area (Å²) >= 11 is 0. The van der Waals surface area contributed by atoms with Crippen molar-refractivity contribution < 1.29 is 14.3 Å². The molecule has 1 atom stereocenters. The zero-order valence-electron chi connectivity index (χ0n) is 10.1. The molecule has 0 aliphatic carbocycles. The van der Waals surface area contributed by atoms with Crippen LogP contribution in [-0.4, -0.2) is 42.9 Å². The molecule has 1 aliphatic rings. The molecule has 0 radical (unpaired) electrons. The highest BCUT2D eigenvalue weighted by Gasteiger charge is 2.34. The highest BCUT2D eigenvalue weighted by atomic mass is 16.6. The van der Waals surface area contributed by atoms with Crippen LogP contribution in [0.25, 0.3) is 0 Å². The second kappa shape index (κ2) is 4.84. The summed E-state index contributed by atoms with van der Waals surface area (Å²) < 4.78 is 10.3. The normalized spacial score (nSPS) is 21.1. The SMILES string of the molecule is COCCC1CCN1C(=O)OC(C)(C)C. The molecule has 0 spiro atoms. The van der Waals surface area contributed by atoms with E-state index in [-0.39, 0.29) is 6.09 Å². The number of rotatable bonds is 3. The van der Waals surface area contributed by atoms with Gasteiger partial charge in [-0.05, 0) is 33.6 Å². The maximum absolute atomic E-state index is 11.7. The summed E-state index contributed by atoms with van der Waals surface area (Å²) in [6.07, 6.45) is 1.76. The molecule has 0 N–H and O–H groups in total. The number of methoxy groups -OCH3 is 1. The Labute approximate surface area is 91.5 Å². The van der Waals surface area contributed by atoms with Crippen molar-refractivity contribution in [3.63, 3.8) is 0 Å². The average Bonchev–Trinajstić information content (AvgIpc) is 1.98. The highest BCUT2D eigenvalue weighted by Crippen LogP contribution is 2.23. The van der Waals surface area contributed by atoms with E-state index < -0.39 is 5.60 Å². The third-order valence-corrected chi connectivity index (χ3v) is 2.43. The second-order valence-electron chi connectivity index (χ2n) is 4.90. The van der Waals surface area contributed by atoms with Gasteiger partial charge in [0.2, 0.25) is 0 Å². The van der Waals surface area contributed by atoms with Crippen molar-refractivity contribution in [1.29, 1.82) is 0 Å². The molecular formula is C11H21NO3. The van der Waals surface area contributed by atoms with E-state index in [4.69, 9.17) is 9.47 Å². The zero-order chi connectivity index (χ0) is 11.5. The lowest BCUT2D eigenvalue weighted by molar-refractivity contribution is -0.0107. The number of carbonyl (C=O) groups is 1. The van der Waals surface area contributed by atoms with E-state index in [1.54, 1.807) is 12.0 Å². The van der Waals surface area contributed by atoms with E-state index in [0.717, 1.165) is 19.4 Å². The summed E-state index contributed by atoms with van der Waals surface area (Å²) in [5, 5.41) is 0. The van der Waals surface area contributed by atoms with E-state index in [2.05, 4.69) is 0 Å². The molecule has 0 bridgehead atoms. The first-order valence-electron chi connectivity index (χ1n) is 5.42. The van der Waals surface area contributed by atoms with E-state index in [1.807, 2.05) is 20.8 Å². The summed E-state index contributed by atoms with van der Waals surface area (Å²) in [5.41, 5.74) is -0.404. The fourth-order valence-corrected chi connectivity index (χ4v) is 1.56. The van der Waals surface area contributed by atoms with Gasteiger partial charge >= 0.3 is 6.09 Å². The molecular weight excluding hydrogens is 194 g/mol. The molecule has 1 amide bonds. The van der Waals surface area contributed by atoms with Crippen molar-refractivity contribution >= 4 is 6.09 Å². The molecule has 1 unspecified atom stereocenters. The van der Waals surface area contributed by atoms with Crippen LogP contribution in [0.5, 0.6) is 0 Å². The summed E-state index contributed by atoms with van der Waals surface area (Å²) in [6, 6.07) is 0.305. The Morgan fingerprint density at radius 1 is 1.47 bits per heavy atom. The van der Waals surface area contributed by atoms with Crippen LogP contribution in [0.4, 0.5) is 4.79 Å². The fraction of sp³-hybridized carbons (Fsp3) is 0.909. The number of nitrogens with zero attached hydrogens (tertiary/aromatic N) is 1. The van der Waals surface area contributed by atoms with Gasteiger partial charge in [-0.25, -0.2) is 4.79 Å². The Morgan fingerprint density at radius 2 is 2.13 bits per heavy atom. The van der Waals surface area contributed by atoms with Gasteiger partial charge in [0.05, 0.1) is 0 Å². The molecule has 0 saturated carbocycles. The summed E-state index contributed by atoms with van der Waals surface area (Å²) in [4.78, 5) is 13.5. The van der Waals surface area contributed by atoms with Crippen LogP contribution in [-0.2, 0) is 9.47 Å². The molecule has 0 aromatic carbocycles. The van der Waals surface area contributed by atoms with Gasteiger partial charge in [-0.3, -0.25) is 0 Å². The fourth-order valence-electron chi connectivity index (χ4n) is 1.56. The third kappa shape index (κ3) is 3.70. The lowest BCUT2D eigenvalue weighted by atomic mass is 10.0. The number of hydrogen-bond donors (Lipinski definition) is 0. The van der Waals surface area contributed by atoms with E-state index in [9.17, 15) is 4.79 Å². The first-order chi connectivity index (χ1) is 6.94. The van der Waals surface area contributed by atoms with Crippen LogP contribution in [0.2, 0.25) is 0 Å². The van der Waals surface area contributed by atoms with Crippen LogP contribution in [0.1, 0.15) is 33.6 Å². The van der Waals surface area contributed by atoms with Crippen LogP contribution >= 0.6 is 0 Å². The van der Waals surface area contributed by atoms with E-state index in [0.29, 0.717) is 12.6 Å². The van der Waals surface area contributed by atoms with Crippen LogP contribution in [0, 0.1) is 0 Å². The van der Waals surface area contributed by atoms with Crippen LogP contribution < -0.4 is 0 Å². The molecule has 1 aliphatic heterocycles. The predicted molar refractivity (Wildman–Crippen MR) is 57.8 cm³/mol. The van der Waals surface area contributed by atoms with Gasteiger partial charge < -0.3 is 14.4 Å². The van der Waals surface area contributed by atoms with Gasteiger partial charge in [0, 0.05) is 26.3 Å². The first-order valence-corrected chi connectivity index (χ1v) is 5.42. The van der Waals surface area contributed by atoms with Crippen molar-refractivity contribution in [1.82, 2.24) is 4.90 Å². The highest BCUT2D eigenvalue weighted by molar-refractivity contribution is 5.69. The molecule has 1 rings (SSSR count). The van der Waals surface area contributed by atoms with Crippen LogP contribution in [0.3, 0.4) is 0 Å². The topological polar surface area (TPSA) is 38.8 Å². The minimum absolute atomic E-state index is 0.199. The Kier molecular flexibility index (Phi) is 3.97. The van der Waals surface area contributed by atoms with Gasteiger partial charge in [-0.15, -0.1) is 0 Å². The Balaban J connectivity index is 2.34.